The average molecular weight is 210 g/mol. The summed E-state index contributed by atoms with van der Waals surface area (Å²) < 4.78 is 0. The van der Waals surface area contributed by atoms with Gasteiger partial charge in [0.1, 0.15) is 0 Å². The van der Waals surface area contributed by atoms with Crippen molar-refractivity contribution < 1.29 is 0 Å². The van der Waals surface area contributed by atoms with Gasteiger partial charge in [0.15, 0.2) is 0 Å². The molecule has 0 aromatic heterocycles. The van der Waals surface area contributed by atoms with E-state index < -0.39 is 0 Å². The molecule has 3 aliphatic carbocycles. The summed E-state index contributed by atoms with van der Waals surface area (Å²) >= 11 is 0. The van der Waals surface area contributed by atoms with Crippen LogP contribution in [0.2, 0.25) is 0 Å². The minimum atomic E-state index is 0.844. The average Bonchev–Trinajstić information content (AvgIpc) is 2.68. The van der Waals surface area contributed by atoms with Crippen molar-refractivity contribution in [3.8, 4) is 0 Å². The molecule has 2 fully saturated rings. The molecule has 0 radical (unpaired) electrons. The molecule has 0 aliphatic heterocycles. The highest BCUT2D eigenvalue weighted by atomic mass is 14.5. The first kappa shape index (κ1) is 9.04. The van der Waals surface area contributed by atoms with E-state index in [0.717, 1.165) is 23.7 Å². The molecule has 82 valence electrons. The summed E-state index contributed by atoms with van der Waals surface area (Å²) in [6, 6.07) is 11.2. The van der Waals surface area contributed by atoms with Gasteiger partial charge in [-0.05, 0) is 54.9 Å². The Hall–Kier alpha value is -1.04. The molecular weight excluding hydrogens is 192 g/mol. The minimum Gasteiger partial charge on any atom is -0.0819 e. The normalized spacial score (nSPS) is 39.9. The molecule has 0 heteroatoms. The van der Waals surface area contributed by atoms with Gasteiger partial charge in [0.2, 0.25) is 0 Å². The zero-order chi connectivity index (χ0) is 10.5. The third kappa shape index (κ3) is 1.16. The fourth-order valence-corrected chi connectivity index (χ4v) is 4.28. The summed E-state index contributed by atoms with van der Waals surface area (Å²) in [5.74, 6) is 3.73. The van der Waals surface area contributed by atoms with E-state index in [1.165, 1.54) is 25.7 Å². The molecule has 1 aromatic carbocycles. The molecule has 4 unspecified atom stereocenters. The summed E-state index contributed by atoms with van der Waals surface area (Å²) in [6.07, 6.45) is 8.40. The van der Waals surface area contributed by atoms with E-state index in [4.69, 9.17) is 0 Å². The van der Waals surface area contributed by atoms with Crippen molar-refractivity contribution in [2.45, 2.75) is 31.6 Å². The predicted molar refractivity (Wildman–Crippen MR) is 66.2 cm³/mol. The molecule has 0 saturated heterocycles. The van der Waals surface area contributed by atoms with Crippen molar-refractivity contribution in [2.75, 3.05) is 0 Å². The Bertz CT molecular complexity index is 429. The molecule has 2 saturated carbocycles. The zero-order valence-corrected chi connectivity index (χ0v) is 9.60. The van der Waals surface area contributed by atoms with E-state index in [1.807, 2.05) is 0 Å². The number of hydrogen-bond acceptors (Lipinski definition) is 0. The Kier molecular flexibility index (Phi) is 1.82. The standard InChI is InChI=1S/C16H18/c1-2-4-12(5-3-1)15-10-14-9-11-6-7-13(8-11)16(14)15/h1-5,9,11,13,15-16H,6-8,10H2. The molecule has 0 nitrogen and oxygen atoms in total. The van der Waals surface area contributed by atoms with Gasteiger partial charge in [-0.25, -0.2) is 0 Å². The lowest BCUT2D eigenvalue weighted by molar-refractivity contribution is 0.235. The van der Waals surface area contributed by atoms with Gasteiger partial charge in [-0.3, -0.25) is 0 Å². The molecule has 4 atom stereocenters. The highest BCUT2D eigenvalue weighted by Crippen LogP contribution is 2.59. The fraction of sp³-hybridized carbons (Fsp3) is 0.500. The summed E-state index contributed by atoms with van der Waals surface area (Å²) in [7, 11) is 0. The smallest absolute Gasteiger partial charge is 0.00563 e. The van der Waals surface area contributed by atoms with Crippen LogP contribution < -0.4 is 0 Å². The Morgan fingerprint density at radius 1 is 1.00 bits per heavy atom. The van der Waals surface area contributed by atoms with Crippen LogP contribution in [-0.4, -0.2) is 0 Å². The van der Waals surface area contributed by atoms with Gasteiger partial charge in [0.25, 0.3) is 0 Å². The van der Waals surface area contributed by atoms with Crippen LogP contribution in [0.5, 0.6) is 0 Å². The van der Waals surface area contributed by atoms with Crippen LogP contribution in [0.15, 0.2) is 42.0 Å². The monoisotopic (exact) mass is 210 g/mol. The van der Waals surface area contributed by atoms with E-state index in [-0.39, 0.29) is 0 Å². The lowest BCUT2D eigenvalue weighted by Gasteiger charge is -2.46. The van der Waals surface area contributed by atoms with Gasteiger partial charge in [0.05, 0.1) is 0 Å². The van der Waals surface area contributed by atoms with Crippen LogP contribution in [0.25, 0.3) is 0 Å². The van der Waals surface area contributed by atoms with Gasteiger partial charge in [-0.15, -0.1) is 0 Å². The summed E-state index contributed by atoms with van der Waals surface area (Å²) in [6.45, 7) is 0. The molecule has 3 aliphatic rings. The molecular formula is C16H18. The summed E-state index contributed by atoms with van der Waals surface area (Å²) in [5, 5.41) is 0. The zero-order valence-electron chi connectivity index (χ0n) is 9.60. The number of fused-ring (bicyclic) bond motifs is 4. The first-order valence-corrected chi connectivity index (χ1v) is 6.67. The lowest BCUT2D eigenvalue weighted by Crippen LogP contribution is -2.34. The molecule has 0 heterocycles. The highest BCUT2D eigenvalue weighted by Gasteiger charge is 2.47. The first-order chi connectivity index (χ1) is 7.92. The Balaban J connectivity index is 1.66. The Labute approximate surface area is 97.4 Å². The predicted octanol–water partition coefficient (Wildman–Crippen LogP) is 4.15. The third-order valence-electron chi connectivity index (χ3n) is 5.02. The van der Waals surface area contributed by atoms with Crippen molar-refractivity contribution >= 4 is 0 Å². The van der Waals surface area contributed by atoms with Crippen molar-refractivity contribution in [3.63, 3.8) is 0 Å². The van der Waals surface area contributed by atoms with E-state index in [1.54, 1.807) is 11.1 Å². The molecule has 0 spiro atoms. The van der Waals surface area contributed by atoms with E-state index in [0.29, 0.717) is 0 Å². The number of rotatable bonds is 1. The summed E-state index contributed by atoms with van der Waals surface area (Å²) in [4.78, 5) is 0. The molecule has 1 aromatic rings. The topological polar surface area (TPSA) is 0 Å². The SMILES string of the molecule is C1=C2CC(c3ccccc3)C2C2CCC1C2. The Morgan fingerprint density at radius 2 is 1.88 bits per heavy atom. The van der Waals surface area contributed by atoms with Crippen LogP contribution >= 0.6 is 0 Å². The molecule has 2 bridgehead atoms. The highest BCUT2D eigenvalue weighted by molar-refractivity contribution is 5.36. The van der Waals surface area contributed by atoms with E-state index >= 15 is 0 Å². The van der Waals surface area contributed by atoms with E-state index in [9.17, 15) is 0 Å². The van der Waals surface area contributed by atoms with Crippen molar-refractivity contribution in [2.24, 2.45) is 17.8 Å². The number of benzene rings is 1. The molecule has 4 rings (SSSR count). The second-order valence-corrected chi connectivity index (χ2v) is 5.82. The minimum absolute atomic E-state index is 0.844. The molecule has 16 heavy (non-hydrogen) atoms. The maximum atomic E-state index is 2.62. The van der Waals surface area contributed by atoms with Crippen molar-refractivity contribution in [3.05, 3.63) is 47.5 Å². The van der Waals surface area contributed by atoms with E-state index in [2.05, 4.69) is 36.4 Å². The number of hydrogen-bond donors (Lipinski definition) is 0. The van der Waals surface area contributed by atoms with Crippen LogP contribution in [0, 0.1) is 17.8 Å². The molecule has 0 N–H and O–H groups in total. The van der Waals surface area contributed by atoms with Gasteiger partial charge < -0.3 is 0 Å². The first-order valence-electron chi connectivity index (χ1n) is 6.67. The van der Waals surface area contributed by atoms with Crippen LogP contribution in [-0.2, 0) is 0 Å². The third-order valence-corrected chi connectivity index (χ3v) is 5.02. The quantitative estimate of drug-likeness (QED) is 0.611. The lowest BCUT2D eigenvalue weighted by atomic mass is 9.58. The van der Waals surface area contributed by atoms with Crippen molar-refractivity contribution in [1.82, 2.24) is 0 Å². The number of allylic oxidation sites excluding steroid dienone is 2. The maximum absolute atomic E-state index is 2.62. The Morgan fingerprint density at radius 3 is 2.75 bits per heavy atom. The van der Waals surface area contributed by atoms with Crippen LogP contribution in [0.4, 0.5) is 0 Å². The van der Waals surface area contributed by atoms with Crippen molar-refractivity contribution in [1.29, 1.82) is 0 Å². The maximum Gasteiger partial charge on any atom is -0.00563 e. The van der Waals surface area contributed by atoms with Gasteiger partial charge in [-0.2, -0.15) is 0 Å². The fourth-order valence-electron chi connectivity index (χ4n) is 4.28. The summed E-state index contributed by atoms with van der Waals surface area (Å²) in [5.41, 5.74) is 3.38. The molecule has 0 amide bonds. The van der Waals surface area contributed by atoms with Crippen LogP contribution in [0.3, 0.4) is 0 Å². The van der Waals surface area contributed by atoms with Crippen LogP contribution in [0.1, 0.15) is 37.2 Å². The largest absolute Gasteiger partial charge is 0.0819 e. The second-order valence-electron chi connectivity index (χ2n) is 5.82. The second kappa shape index (κ2) is 3.23. The van der Waals surface area contributed by atoms with Gasteiger partial charge >= 0.3 is 0 Å². The van der Waals surface area contributed by atoms with Gasteiger partial charge in [-0.1, -0.05) is 42.0 Å². The van der Waals surface area contributed by atoms with Gasteiger partial charge in [0, 0.05) is 0 Å².